The maximum Gasteiger partial charge on any atom is 0.290 e. The van der Waals surface area contributed by atoms with Gasteiger partial charge in [0, 0.05) is 11.4 Å². The van der Waals surface area contributed by atoms with E-state index in [1.54, 1.807) is 36.4 Å². The van der Waals surface area contributed by atoms with E-state index in [4.69, 9.17) is 9.68 Å². The molecule has 2 amide bonds. The van der Waals surface area contributed by atoms with Crippen LogP contribution in [0.1, 0.15) is 16.1 Å². The molecule has 0 aliphatic carbocycles. The Kier molecular flexibility index (Phi) is 4.35. The summed E-state index contributed by atoms with van der Waals surface area (Å²) in [6.07, 6.45) is 1.43. The van der Waals surface area contributed by atoms with E-state index in [9.17, 15) is 9.59 Å². The zero-order valence-corrected chi connectivity index (χ0v) is 12.9. The van der Waals surface area contributed by atoms with E-state index in [0.717, 1.165) is 0 Å². The molecular formula is C16H13N3O3S. The summed E-state index contributed by atoms with van der Waals surface area (Å²) in [5.74, 6) is 0.669. The Balaban J connectivity index is 1.70. The van der Waals surface area contributed by atoms with Crippen LogP contribution in [0, 0.1) is 11.3 Å². The minimum Gasteiger partial charge on any atom is -0.459 e. The third kappa shape index (κ3) is 3.22. The zero-order chi connectivity index (χ0) is 16.2. The van der Waals surface area contributed by atoms with E-state index in [1.807, 2.05) is 6.07 Å². The lowest BCUT2D eigenvalue weighted by molar-refractivity contribution is -0.119. The lowest BCUT2D eigenvalue weighted by Crippen LogP contribution is -2.44. The van der Waals surface area contributed by atoms with Crippen LogP contribution in [0.3, 0.4) is 0 Å². The minimum absolute atomic E-state index is 0.226. The Labute approximate surface area is 137 Å². The molecule has 0 bridgehead atoms. The number of benzene rings is 1. The average Bonchev–Trinajstić information content (AvgIpc) is 3.26. The monoisotopic (exact) mass is 327 g/mol. The van der Waals surface area contributed by atoms with Crippen LogP contribution in [-0.4, -0.2) is 34.4 Å². The smallest absolute Gasteiger partial charge is 0.290 e. The summed E-state index contributed by atoms with van der Waals surface area (Å²) >= 11 is 1.52. The number of anilines is 1. The SMILES string of the molecule is N#Cc1ccc(NC(=O)C2CSCN2C(=O)c2ccco2)cc1. The van der Waals surface area contributed by atoms with Gasteiger partial charge in [-0.25, -0.2) is 0 Å². The van der Waals surface area contributed by atoms with Crippen molar-refractivity contribution in [3.8, 4) is 6.07 Å². The van der Waals surface area contributed by atoms with Crippen molar-refractivity contribution in [1.82, 2.24) is 4.90 Å². The van der Waals surface area contributed by atoms with Gasteiger partial charge >= 0.3 is 0 Å². The number of hydrogen-bond acceptors (Lipinski definition) is 5. The molecule has 1 N–H and O–H groups in total. The van der Waals surface area contributed by atoms with Crippen molar-refractivity contribution in [2.75, 3.05) is 16.9 Å². The molecule has 1 aromatic heterocycles. The number of nitriles is 1. The summed E-state index contributed by atoms with van der Waals surface area (Å²) in [6.45, 7) is 0. The van der Waals surface area contributed by atoms with Gasteiger partial charge in [0.2, 0.25) is 5.91 Å². The molecule has 3 rings (SSSR count). The van der Waals surface area contributed by atoms with Crippen LogP contribution in [-0.2, 0) is 4.79 Å². The van der Waals surface area contributed by atoms with Gasteiger partial charge in [-0.3, -0.25) is 9.59 Å². The van der Waals surface area contributed by atoms with E-state index in [2.05, 4.69) is 5.32 Å². The second-order valence-electron chi connectivity index (χ2n) is 4.95. The number of furan rings is 1. The van der Waals surface area contributed by atoms with Gasteiger partial charge in [0.15, 0.2) is 5.76 Å². The highest BCUT2D eigenvalue weighted by atomic mass is 32.2. The van der Waals surface area contributed by atoms with Gasteiger partial charge < -0.3 is 14.6 Å². The second kappa shape index (κ2) is 6.58. The topological polar surface area (TPSA) is 86.3 Å². The molecule has 6 nitrogen and oxygen atoms in total. The van der Waals surface area contributed by atoms with Crippen molar-refractivity contribution in [2.24, 2.45) is 0 Å². The maximum absolute atomic E-state index is 12.4. The highest BCUT2D eigenvalue weighted by Crippen LogP contribution is 2.24. The molecule has 1 unspecified atom stereocenters. The maximum atomic E-state index is 12.4. The highest BCUT2D eigenvalue weighted by Gasteiger charge is 2.36. The number of carbonyl (C=O) groups excluding carboxylic acids is 2. The molecule has 2 heterocycles. The average molecular weight is 327 g/mol. The molecule has 0 saturated carbocycles. The summed E-state index contributed by atoms with van der Waals surface area (Å²) in [7, 11) is 0. The van der Waals surface area contributed by atoms with Gasteiger partial charge in [0.25, 0.3) is 5.91 Å². The van der Waals surface area contributed by atoms with Crippen LogP contribution in [0.5, 0.6) is 0 Å². The highest BCUT2D eigenvalue weighted by molar-refractivity contribution is 7.99. The first-order valence-electron chi connectivity index (χ1n) is 6.92. The Bertz CT molecular complexity index is 750. The predicted molar refractivity (Wildman–Crippen MR) is 85.8 cm³/mol. The molecular weight excluding hydrogens is 314 g/mol. The summed E-state index contributed by atoms with van der Waals surface area (Å²) < 4.78 is 5.12. The second-order valence-corrected chi connectivity index (χ2v) is 5.95. The number of hydrogen-bond donors (Lipinski definition) is 1. The fourth-order valence-corrected chi connectivity index (χ4v) is 3.41. The van der Waals surface area contributed by atoms with E-state index in [0.29, 0.717) is 22.9 Å². The molecule has 1 saturated heterocycles. The van der Waals surface area contributed by atoms with Crippen LogP contribution in [0.15, 0.2) is 47.1 Å². The van der Waals surface area contributed by atoms with Gasteiger partial charge in [-0.05, 0) is 36.4 Å². The van der Waals surface area contributed by atoms with Crippen molar-refractivity contribution < 1.29 is 14.0 Å². The molecule has 116 valence electrons. The lowest BCUT2D eigenvalue weighted by Gasteiger charge is -2.22. The summed E-state index contributed by atoms with van der Waals surface area (Å²) in [4.78, 5) is 26.3. The summed E-state index contributed by atoms with van der Waals surface area (Å²) in [5.41, 5.74) is 1.12. The number of rotatable bonds is 3. The van der Waals surface area contributed by atoms with Crippen LogP contribution >= 0.6 is 11.8 Å². The van der Waals surface area contributed by atoms with E-state index in [-0.39, 0.29) is 17.6 Å². The van der Waals surface area contributed by atoms with Crippen LogP contribution in [0.4, 0.5) is 5.69 Å². The van der Waals surface area contributed by atoms with Crippen LogP contribution in [0.2, 0.25) is 0 Å². The lowest BCUT2D eigenvalue weighted by atomic mass is 10.2. The van der Waals surface area contributed by atoms with Crippen LogP contribution in [0.25, 0.3) is 0 Å². The first-order valence-corrected chi connectivity index (χ1v) is 8.08. The van der Waals surface area contributed by atoms with Crippen molar-refractivity contribution in [3.05, 3.63) is 54.0 Å². The van der Waals surface area contributed by atoms with Crippen molar-refractivity contribution in [3.63, 3.8) is 0 Å². The van der Waals surface area contributed by atoms with Crippen molar-refractivity contribution >= 4 is 29.3 Å². The van der Waals surface area contributed by atoms with Gasteiger partial charge in [-0.15, -0.1) is 11.8 Å². The Hall–Kier alpha value is -2.72. The van der Waals surface area contributed by atoms with E-state index >= 15 is 0 Å². The van der Waals surface area contributed by atoms with Crippen molar-refractivity contribution in [1.29, 1.82) is 5.26 Å². The van der Waals surface area contributed by atoms with Crippen LogP contribution < -0.4 is 5.32 Å². The molecule has 1 aliphatic rings. The van der Waals surface area contributed by atoms with Gasteiger partial charge in [0.05, 0.1) is 23.8 Å². The fourth-order valence-electron chi connectivity index (χ4n) is 2.26. The number of amides is 2. The molecule has 1 aliphatic heterocycles. The Morgan fingerprint density at radius 3 is 2.74 bits per heavy atom. The number of nitrogens with one attached hydrogen (secondary N) is 1. The molecule has 7 heteroatoms. The Morgan fingerprint density at radius 2 is 2.09 bits per heavy atom. The van der Waals surface area contributed by atoms with E-state index in [1.165, 1.54) is 22.9 Å². The predicted octanol–water partition coefficient (Wildman–Crippen LogP) is 2.31. The molecule has 1 atom stereocenters. The minimum atomic E-state index is -0.548. The standard InChI is InChI=1S/C16H13N3O3S/c17-8-11-3-5-12(6-4-11)18-15(20)13-9-23-10-19(13)16(21)14-2-1-7-22-14/h1-7,13H,9-10H2,(H,18,20). The number of thioether (sulfide) groups is 1. The Morgan fingerprint density at radius 1 is 1.30 bits per heavy atom. The first-order chi connectivity index (χ1) is 11.2. The number of nitrogens with zero attached hydrogens (tertiary/aromatic N) is 2. The molecule has 0 spiro atoms. The third-order valence-electron chi connectivity index (χ3n) is 3.46. The summed E-state index contributed by atoms with van der Waals surface area (Å²) in [6, 6.07) is 11.3. The zero-order valence-electron chi connectivity index (χ0n) is 12.1. The normalized spacial score (nSPS) is 16.8. The summed E-state index contributed by atoms with van der Waals surface area (Å²) in [5, 5.41) is 11.6. The molecule has 1 fully saturated rings. The third-order valence-corrected chi connectivity index (χ3v) is 4.47. The molecule has 23 heavy (non-hydrogen) atoms. The molecule has 1 aromatic carbocycles. The van der Waals surface area contributed by atoms with E-state index < -0.39 is 6.04 Å². The quantitative estimate of drug-likeness (QED) is 0.935. The van der Waals surface area contributed by atoms with Gasteiger partial charge in [-0.2, -0.15) is 5.26 Å². The fraction of sp³-hybridized carbons (Fsp3) is 0.188. The first kappa shape index (κ1) is 15.2. The van der Waals surface area contributed by atoms with Crippen molar-refractivity contribution in [2.45, 2.75) is 6.04 Å². The molecule has 0 radical (unpaired) electrons. The largest absolute Gasteiger partial charge is 0.459 e. The van der Waals surface area contributed by atoms with Gasteiger partial charge in [-0.1, -0.05) is 0 Å². The number of carbonyl (C=O) groups is 2. The molecule has 2 aromatic rings. The van der Waals surface area contributed by atoms with Gasteiger partial charge in [0.1, 0.15) is 6.04 Å².